The first-order valence-electron chi connectivity index (χ1n) is 22.3. The second-order valence-corrected chi connectivity index (χ2v) is 21.2. The third-order valence-electron chi connectivity index (χ3n) is 18.1. The summed E-state index contributed by atoms with van der Waals surface area (Å²) in [6, 6.07) is 20.0. The SMILES string of the molecule is CC12CCC(O)CC13C=CC1(C(C(=O)c4ccccc4)=C3)C2CCC2(C)C1CCC2(O)CN(CC(O)COCc1ccccc1)CC12CC3CC(CC(C3)C1)C2. The van der Waals surface area contributed by atoms with Crippen molar-refractivity contribution >= 4 is 5.78 Å². The molecule has 0 amide bonds. The van der Waals surface area contributed by atoms with Gasteiger partial charge in [0.2, 0.25) is 0 Å². The van der Waals surface area contributed by atoms with E-state index in [1.54, 1.807) is 0 Å². The summed E-state index contributed by atoms with van der Waals surface area (Å²) >= 11 is 0. The molecule has 9 atom stereocenters. The van der Waals surface area contributed by atoms with Crippen molar-refractivity contribution in [3.8, 4) is 0 Å². The van der Waals surface area contributed by atoms with Crippen LogP contribution in [-0.2, 0) is 11.3 Å². The number of carbonyl (C=O) groups excluding carboxylic acids is 1. The van der Waals surface area contributed by atoms with Gasteiger partial charge in [-0.15, -0.1) is 0 Å². The fraction of sp³-hybridized carbons (Fsp3) is 0.660. The number of ketones is 1. The van der Waals surface area contributed by atoms with Gasteiger partial charge in [0.05, 0.1) is 31.0 Å². The number of benzene rings is 2. The van der Waals surface area contributed by atoms with Crippen molar-refractivity contribution < 1.29 is 24.9 Å². The summed E-state index contributed by atoms with van der Waals surface area (Å²) < 4.78 is 6.10. The zero-order chi connectivity index (χ0) is 38.6. The largest absolute Gasteiger partial charge is 0.393 e. The number of nitrogens with zero attached hydrogens (tertiary/aromatic N) is 1. The Morgan fingerprint density at radius 1 is 0.804 bits per heavy atom. The van der Waals surface area contributed by atoms with E-state index in [0.29, 0.717) is 32.5 Å². The van der Waals surface area contributed by atoms with Crippen LogP contribution in [-0.4, -0.2) is 70.1 Å². The molecule has 10 aliphatic carbocycles. The minimum atomic E-state index is -0.964. The van der Waals surface area contributed by atoms with E-state index >= 15 is 0 Å². The number of allylic oxidation sites excluding steroid dienone is 4. The molecule has 56 heavy (non-hydrogen) atoms. The zero-order valence-corrected chi connectivity index (χ0v) is 33.9. The fourth-order valence-electron chi connectivity index (χ4n) is 16.1. The standard InChI is InChI=1S/C50H65NO5/c1-45-16-13-39(52)27-48(45)19-20-50(41(28-48)44(54)38-11-7-4-8-12-38)42(45)14-17-46(2)43(50)15-18-49(46,55)33-51(29-40(53)31-56-30-34-9-5-3-6-10-34)32-47-24-35-21-36(25-47)23-37(22-35)26-47/h3-12,19-20,28,35-37,39-40,42-43,52-53,55H,13-18,21-27,29-33H2,1-2H3. The molecule has 9 unspecified atom stereocenters. The second kappa shape index (κ2) is 13.5. The molecule has 6 nitrogen and oxygen atoms in total. The molecule has 0 aliphatic heterocycles. The van der Waals surface area contributed by atoms with Gasteiger partial charge in [0.15, 0.2) is 5.78 Å². The summed E-state index contributed by atoms with van der Waals surface area (Å²) in [5.41, 5.74) is 0.765. The van der Waals surface area contributed by atoms with Crippen molar-refractivity contribution in [1.82, 2.24) is 4.90 Å². The van der Waals surface area contributed by atoms with E-state index < -0.39 is 22.5 Å². The number of fused-ring (bicyclic) bond motifs is 1. The molecule has 10 aliphatic rings. The summed E-state index contributed by atoms with van der Waals surface area (Å²) in [7, 11) is 0. The number of rotatable bonds is 12. The first-order valence-corrected chi connectivity index (χ1v) is 22.3. The number of aliphatic hydroxyl groups is 3. The highest BCUT2D eigenvalue weighted by atomic mass is 16.5. The highest BCUT2D eigenvalue weighted by Crippen LogP contribution is 2.78. The Bertz CT molecular complexity index is 1840. The van der Waals surface area contributed by atoms with Crippen LogP contribution in [0.15, 0.2) is 84.5 Å². The molecular formula is C50H65NO5. The third kappa shape index (κ3) is 5.69. The van der Waals surface area contributed by atoms with Crippen LogP contribution >= 0.6 is 0 Å². The van der Waals surface area contributed by atoms with E-state index in [1.807, 2.05) is 48.5 Å². The van der Waals surface area contributed by atoms with Crippen LogP contribution in [0.4, 0.5) is 0 Å². The van der Waals surface area contributed by atoms with Gasteiger partial charge >= 0.3 is 0 Å². The Labute approximate surface area is 334 Å². The van der Waals surface area contributed by atoms with Gasteiger partial charge in [-0.25, -0.2) is 0 Å². The quantitative estimate of drug-likeness (QED) is 0.149. The Hall–Kier alpha value is -2.61. The number of hydrogen-bond acceptors (Lipinski definition) is 6. The maximum atomic E-state index is 14.9. The summed E-state index contributed by atoms with van der Waals surface area (Å²) in [6.45, 7) is 7.54. The van der Waals surface area contributed by atoms with Gasteiger partial charge in [-0.1, -0.05) is 92.7 Å². The first-order chi connectivity index (χ1) is 26.9. The van der Waals surface area contributed by atoms with Crippen LogP contribution in [0.5, 0.6) is 0 Å². The lowest BCUT2D eigenvalue weighted by Crippen LogP contribution is -2.67. The number of carbonyl (C=O) groups is 1. The molecule has 0 radical (unpaired) electrons. The van der Waals surface area contributed by atoms with Gasteiger partial charge < -0.3 is 20.1 Å². The number of aliphatic hydroxyl groups excluding tert-OH is 2. The molecule has 12 rings (SSSR count). The summed E-state index contributed by atoms with van der Waals surface area (Å²) in [5, 5.41) is 36.2. The molecule has 300 valence electrons. The Morgan fingerprint density at radius 3 is 2.12 bits per heavy atom. The predicted octanol–water partition coefficient (Wildman–Crippen LogP) is 8.56. The maximum Gasteiger partial charge on any atom is 0.189 e. The number of ether oxygens (including phenoxy) is 1. The molecule has 0 saturated heterocycles. The minimum absolute atomic E-state index is 0.0577. The van der Waals surface area contributed by atoms with E-state index in [0.717, 1.165) is 73.1 Å². The molecule has 2 aromatic rings. The highest BCUT2D eigenvalue weighted by Gasteiger charge is 2.74. The van der Waals surface area contributed by atoms with Crippen LogP contribution < -0.4 is 0 Å². The van der Waals surface area contributed by atoms with Crippen LogP contribution in [0.25, 0.3) is 0 Å². The van der Waals surface area contributed by atoms with Crippen LogP contribution in [0.3, 0.4) is 0 Å². The topological polar surface area (TPSA) is 90.2 Å². The molecule has 6 bridgehead atoms. The Balaban J connectivity index is 0.973. The van der Waals surface area contributed by atoms with Crippen molar-refractivity contribution in [2.45, 2.75) is 122 Å². The Morgan fingerprint density at radius 2 is 1.43 bits per heavy atom. The molecule has 3 N–H and O–H groups in total. The van der Waals surface area contributed by atoms with Gasteiger partial charge in [-0.05, 0) is 129 Å². The van der Waals surface area contributed by atoms with Gasteiger partial charge in [0.25, 0.3) is 0 Å². The van der Waals surface area contributed by atoms with Crippen LogP contribution in [0.2, 0.25) is 0 Å². The molecule has 7 fully saturated rings. The second-order valence-electron chi connectivity index (χ2n) is 21.2. The maximum absolute atomic E-state index is 14.9. The van der Waals surface area contributed by atoms with Crippen LogP contribution in [0, 0.1) is 56.7 Å². The van der Waals surface area contributed by atoms with E-state index in [1.165, 1.54) is 38.5 Å². The smallest absolute Gasteiger partial charge is 0.189 e. The summed E-state index contributed by atoms with van der Waals surface area (Å²) in [6.07, 6.45) is 20.1. The number of hydrogen-bond donors (Lipinski definition) is 3. The third-order valence-corrected chi connectivity index (χ3v) is 18.1. The lowest BCUT2D eigenvalue weighted by atomic mass is 9.32. The zero-order valence-electron chi connectivity index (χ0n) is 33.9. The predicted molar refractivity (Wildman–Crippen MR) is 218 cm³/mol. The first kappa shape index (κ1) is 37.6. The highest BCUT2D eigenvalue weighted by molar-refractivity contribution is 6.10. The molecule has 2 spiro atoms. The van der Waals surface area contributed by atoms with Crippen molar-refractivity contribution in [1.29, 1.82) is 0 Å². The van der Waals surface area contributed by atoms with Gasteiger partial charge in [-0.2, -0.15) is 0 Å². The lowest BCUT2D eigenvalue weighted by Gasteiger charge is -2.71. The Kier molecular flexibility index (Phi) is 9.05. The molecule has 0 heterocycles. The number of Topliss-reactive ketones (excluding diaryl/α,β-unsaturated/α-hetero) is 1. The van der Waals surface area contributed by atoms with E-state index in [-0.39, 0.29) is 46.6 Å². The van der Waals surface area contributed by atoms with E-state index in [2.05, 4.69) is 49.1 Å². The summed E-state index contributed by atoms with van der Waals surface area (Å²) in [4.78, 5) is 17.4. The average molecular weight is 760 g/mol. The van der Waals surface area contributed by atoms with Crippen molar-refractivity contribution in [2.75, 3.05) is 26.2 Å². The van der Waals surface area contributed by atoms with Crippen molar-refractivity contribution in [2.24, 2.45) is 56.7 Å². The normalized spacial score (nSPS) is 44.6. The van der Waals surface area contributed by atoms with Gasteiger partial charge in [0, 0.05) is 47.0 Å². The monoisotopic (exact) mass is 759 g/mol. The molecule has 0 aromatic heterocycles. The average Bonchev–Trinajstić information content (AvgIpc) is 3.44. The molecule has 7 saturated carbocycles. The fourth-order valence-corrected chi connectivity index (χ4v) is 16.1. The minimum Gasteiger partial charge on any atom is -0.393 e. The van der Waals surface area contributed by atoms with Crippen molar-refractivity contribution in [3.63, 3.8) is 0 Å². The van der Waals surface area contributed by atoms with Crippen molar-refractivity contribution in [3.05, 3.63) is 95.6 Å². The molecular weight excluding hydrogens is 695 g/mol. The van der Waals surface area contributed by atoms with Crippen LogP contribution in [0.1, 0.15) is 113 Å². The molecule has 2 aromatic carbocycles. The molecule has 6 heteroatoms. The summed E-state index contributed by atoms with van der Waals surface area (Å²) in [5.74, 6) is 2.99. The lowest BCUT2D eigenvalue weighted by molar-refractivity contribution is -0.179. The van der Waals surface area contributed by atoms with Gasteiger partial charge in [-0.3, -0.25) is 9.69 Å². The van der Waals surface area contributed by atoms with E-state index in [9.17, 15) is 20.1 Å². The van der Waals surface area contributed by atoms with E-state index in [4.69, 9.17) is 4.74 Å². The van der Waals surface area contributed by atoms with Gasteiger partial charge in [0.1, 0.15) is 0 Å².